The smallest absolute Gasteiger partial charge is 0.260 e. The second kappa shape index (κ2) is 14.9. The number of amides is 2. The first-order chi connectivity index (χ1) is 18.4. The molecule has 0 aliphatic carbocycles. The molecular weight excluding hydrogens is 510 g/mol. The SMILES string of the molecule is CCOc1cc(/C=N/NC(=O)CSc2nc(C)cc(COC)c2C#N)ccc1OCC(=O)N1CCOCC1. The molecule has 1 aromatic heterocycles. The van der Waals surface area contributed by atoms with Crippen LogP contribution < -0.4 is 14.9 Å². The number of nitrogens with zero attached hydrogens (tertiary/aromatic N) is 4. The summed E-state index contributed by atoms with van der Waals surface area (Å²) in [5, 5.41) is 14.0. The van der Waals surface area contributed by atoms with E-state index in [2.05, 4.69) is 21.6 Å². The second-order valence-electron chi connectivity index (χ2n) is 8.15. The van der Waals surface area contributed by atoms with E-state index in [-0.39, 0.29) is 30.8 Å². The maximum absolute atomic E-state index is 12.4. The van der Waals surface area contributed by atoms with Crippen LogP contribution in [0.25, 0.3) is 0 Å². The van der Waals surface area contributed by atoms with Gasteiger partial charge in [-0.3, -0.25) is 9.59 Å². The number of carbonyl (C=O) groups excluding carboxylic acids is 2. The molecule has 38 heavy (non-hydrogen) atoms. The molecule has 1 aliphatic heterocycles. The summed E-state index contributed by atoms with van der Waals surface area (Å²) in [6.07, 6.45) is 1.48. The highest BCUT2D eigenvalue weighted by molar-refractivity contribution is 8.00. The van der Waals surface area contributed by atoms with Crippen molar-refractivity contribution >= 4 is 29.8 Å². The van der Waals surface area contributed by atoms with E-state index >= 15 is 0 Å². The van der Waals surface area contributed by atoms with Gasteiger partial charge in [-0.1, -0.05) is 11.8 Å². The van der Waals surface area contributed by atoms with Crippen molar-refractivity contribution in [2.24, 2.45) is 5.10 Å². The molecule has 2 aromatic rings. The van der Waals surface area contributed by atoms with Gasteiger partial charge in [0, 0.05) is 25.9 Å². The number of aryl methyl sites for hydroxylation is 1. The van der Waals surface area contributed by atoms with Crippen molar-refractivity contribution in [3.05, 3.63) is 46.6 Å². The van der Waals surface area contributed by atoms with Gasteiger partial charge in [0.25, 0.3) is 5.91 Å². The monoisotopic (exact) mass is 541 g/mol. The zero-order valence-electron chi connectivity index (χ0n) is 21.7. The quantitative estimate of drug-likeness (QED) is 0.244. The lowest BCUT2D eigenvalue weighted by Gasteiger charge is -2.26. The van der Waals surface area contributed by atoms with Gasteiger partial charge in [-0.05, 0) is 49.2 Å². The van der Waals surface area contributed by atoms with Crippen LogP contribution in [0, 0.1) is 18.3 Å². The van der Waals surface area contributed by atoms with Crippen LogP contribution in [0.15, 0.2) is 34.4 Å². The number of nitriles is 1. The van der Waals surface area contributed by atoms with E-state index in [4.69, 9.17) is 18.9 Å². The van der Waals surface area contributed by atoms with Crippen molar-refractivity contribution in [1.29, 1.82) is 5.26 Å². The maximum atomic E-state index is 12.4. The van der Waals surface area contributed by atoms with Gasteiger partial charge in [-0.15, -0.1) is 0 Å². The van der Waals surface area contributed by atoms with E-state index < -0.39 is 0 Å². The number of rotatable bonds is 12. The van der Waals surface area contributed by atoms with Gasteiger partial charge in [0.2, 0.25) is 5.91 Å². The Kier molecular flexibility index (Phi) is 11.4. The maximum Gasteiger partial charge on any atom is 0.260 e. The minimum atomic E-state index is -0.349. The van der Waals surface area contributed by atoms with E-state index in [1.54, 1.807) is 36.3 Å². The average molecular weight is 542 g/mol. The van der Waals surface area contributed by atoms with Crippen LogP contribution in [0.3, 0.4) is 0 Å². The molecule has 2 amide bonds. The molecule has 0 atom stereocenters. The molecule has 0 saturated carbocycles. The standard InChI is InChI=1S/C26H31N5O6S/c1-4-36-23-12-19(5-6-22(23)37-16-25(33)31-7-9-35-10-8-31)14-28-30-24(32)17-38-26-21(13-27)20(15-34-3)11-18(2)29-26/h5-6,11-12,14H,4,7-10,15-17H2,1-3H3,(H,30,32)/b28-14+. The molecule has 12 heteroatoms. The zero-order chi connectivity index (χ0) is 27.3. The number of nitrogens with one attached hydrogen (secondary N) is 1. The van der Waals surface area contributed by atoms with Crippen molar-refractivity contribution in [3.63, 3.8) is 0 Å². The molecule has 11 nitrogen and oxygen atoms in total. The molecule has 1 N–H and O–H groups in total. The Balaban J connectivity index is 1.56. The summed E-state index contributed by atoms with van der Waals surface area (Å²) in [4.78, 5) is 30.8. The van der Waals surface area contributed by atoms with Crippen molar-refractivity contribution in [2.45, 2.75) is 25.5 Å². The van der Waals surface area contributed by atoms with Gasteiger partial charge < -0.3 is 23.8 Å². The third-order valence-electron chi connectivity index (χ3n) is 5.33. The van der Waals surface area contributed by atoms with Crippen LogP contribution in [-0.2, 0) is 25.7 Å². The lowest BCUT2D eigenvalue weighted by atomic mass is 10.1. The summed E-state index contributed by atoms with van der Waals surface area (Å²) in [6, 6.07) is 9.10. The summed E-state index contributed by atoms with van der Waals surface area (Å²) in [5.41, 5.74) is 5.01. The lowest BCUT2D eigenvalue weighted by Crippen LogP contribution is -2.43. The fourth-order valence-electron chi connectivity index (χ4n) is 3.58. The Labute approximate surface area is 226 Å². The van der Waals surface area contributed by atoms with Gasteiger partial charge >= 0.3 is 0 Å². The molecule has 0 bridgehead atoms. The zero-order valence-corrected chi connectivity index (χ0v) is 22.5. The van der Waals surface area contributed by atoms with E-state index in [1.807, 2.05) is 13.8 Å². The third-order valence-corrected chi connectivity index (χ3v) is 6.31. The molecule has 1 fully saturated rings. The first kappa shape index (κ1) is 28.9. The van der Waals surface area contributed by atoms with Crippen molar-refractivity contribution < 1.29 is 28.5 Å². The minimum absolute atomic E-state index is 0.0308. The lowest BCUT2D eigenvalue weighted by molar-refractivity contribution is -0.137. The first-order valence-electron chi connectivity index (χ1n) is 12.0. The number of benzene rings is 1. The first-order valence-corrected chi connectivity index (χ1v) is 13.0. The van der Waals surface area contributed by atoms with E-state index in [0.717, 1.165) is 23.0 Å². The van der Waals surface area contributed by atoms with Gasteiger partial charge in [0.1, 0.15) is 11.1 Å². The topological polar surface area (TPSA) is 135 Å². The number of morpholine rings is 1. The minimum Gasteiger partial charge on any atom is -0.490 e. The summed E-state index contributed by atoms with van der Waals surface area (Å²) < 4.78 is 21.8. The van der Waals surface area contributed by atoms with Crippen LogP contribution in [0.5, 0.6) is 11.5 Å². The number of aromatic nitrogens is 1. The van der Waals surface area contributed by atoms with Crippen molar-refractivity contribution in [3.8, 4) is 17.6 Å². The molecule has 0 unspecified atom stereocenters. The molecular formula is C26H31N5O6S. The summed E-state index contributed by atoms with van der Waals surface area (Å²) >= 11 is 1.16. The fraction of sp³-hybridized carbons (Fsp3) is 0.423. The highest BCUT2D eigenvalue weighted by atomic mass is 32.2. The Bertz CT molecular complexity index is 1190. The van der Waals surface area contributed by atoms with E-state index in [1.165, 1.54) is 6.21 Å². The number of hydrogen-bond acceptors (Lipinski definition) is 10. The predicted octanol–water partition coefficient (Wildman–Crippen LogP) is 2.29. The molecule has 2 heterocycles. The van der Waals surface area contributed by atoms with Crippen LogP contribution in [0.1, 0.15) is 29.3 Å². The Morgan fingerprint density at radius 1 is 1.26 bits per heavy atom. The molecule has 1 aliphatic rings. The highest BCUT2D eigenvalue weighted by Crippen LogP contribution is 2.28. The number of pyridine rings is 1. The summed E-state index contributed by atoms with van der Waals surface area (Å²) in [6.45, 7) is 6.42. The van der Waals surface area contributed by atoms with Crippen LogP contribution in [0.2, 0.25) is 0 Å². The van der Waals surface area contributed by atoms with Crippen LogP contribution in [-0.4, -0.2) is 80.3 Å². The van der Waals surface area contributed by atoms with Crippen LogP contribution >= 0.6 is 11.8 Å². The number of thioether (sulfide) groups is 1. The number of hydrazone groups is 1. The van der Waals surface area contributed by atoms with Crippen LogP contribution in [0.4, 0.5) is 0 Å². The number of carbonyl (C=O) groups is 2. The molecule has 202 valence electrons. The molecule has 1 aromatic carbocycles. The molecule has 3 rings (SSSR count). The van der Waals surface area contributed by atoms with Gasteiger partial charge in [-0.25, -0.2) is 10.4 Å². The number of methoxy groups -OCH3 is 1. The largest absolute Gasteiger partial charge is 0.490 e. The van der Waals surface area contributed by atoms with Gasteiger partial charge in [0.15, 0.2) is 18.1 Å². The fourth-order valence-corrected chi connectivity index (χ4v) is 4.45. The second-order valence-corrected chi connectivity index (χ2v) is 9.11. The number of ether oxygens (including phenoxy) is 4. The molecule has 1 saturated heterocycles. The Morgan fingerprint density at radius 2 is 2.05 bits per heavy atom. The third kappa shape index (κ3) is 8.44. The molecule has 0 spiro atoms. The Morgan fingerprint density at radius 3 is 2.76 bits per heavy atom. The van der Waals surface area contributed by atoms with Gasteiger partial charge in [-0.2, -0.15) is 10.4 Å². The van der Waals surface area contributed by atoms with Crippen molar-refractivity contribution in [1.82, 2.24) is 15.3 Å². The average Bonchev–Trinajstić information content (AvgIpc) is 2.92. The molecule has 0 radical (unpaired) electrons. The Hall–Kier alpha value is -3.66. The van der Waals surface area contributed by atoms with E-state index in [9.17, 15) is 14.9 Å². The summed E-state index contributed by atoms with van der Waals surface area (Å²) in [7, 11) is 1.56. The van der Waals surface area contributed by atoms with E-state index in [0.29, 0.717) is 60.6 Å². The predicted molar refractivity (Wildman–Crippen MR) is 141 cm³/mol. The summed E-state index contributed by atoms with van der Waals surface area (Å²) in [5.74, 6) is 0.480. The normalized spacial score (nSPS) is 13.3. The highest BCUT2D eigenvalue weighted by Gasteiger charge is 2.18. The number of hydrogen-bond donors (Lipinski definition) is 1. The van der Waals surface area contributed by atoms with Crippen molar-refractivity contribution in [2.75, 3.05) is 52.4 Å². The van der Waals surface area contributed by atoms with Gasteiger partial charge in [0.05, 0.1) is 44.0 Å².